The molecule has 0 atom stereocenters. The molecule has 3 aromatic rings. The number of carbonyl (C=O) groups is 2. The molecule has 0 saturated heterocycles. The standard InChI is InChI=1S/C31H36BNO6/c1-18-25(16-27(34)39-31(4,5)6)19(2)29(20(3)28(18)32(36)37)33(7)30(35)38-17-26-23-14-10-8-12-21(23)22-13-9-11-15-24(22)26/h8-15,26,36-37H,16-17H2,1-7H3. The molecule has 0 unspecified atom stereocenters. The highest BCUT2D eigenvalue weighted by atomic mass is 16.6. The van der Waals surface area contributed by atoms with E-state index in [9.17, 15) is 19.6 Å². The molecular weight excluding hydrogens is 493 g/mol. The normalized spacial score (nSPS) is 12.5. The number of amides is 1. The van der Waals surface area contributed by atoms with Crippen molar-refractivity contribution >= 4 is 30.3 Å². The summed E-state index contributed by atoms with van der Waals surface area (Å²) < 4.78 is 11.4. The zero-order chi connectivity index (χ0) is 28.6. The van der Waals surface area contributed by atoms with Gasteiger partial charge in [-0.25, -0.2) is 4.79 Å². The maximum absolute atomic E-state index is 13.4. The fraction of sp³-hybridized carbons (Fsp3) is 0.355. The van der Waals surface area contributed by atoms with Crippen LogP contribution in [-0.4, -0.2) is 48.5 Å². The van der Waals surface area contributed by atoms with Gasteiger partial charge in [0.25, 0.3) is 0 Å². The summed E-state index contributed by atoms with van der Waals surface area (Å²) in [5.74, 6) is -0.529. The van der Waals surface area contributed by atoms with Crippen LogP contribution in [0.15, 0.2) is 48.5 Å². The van der Waals surface area contributed by atoms with Crippen molar-refractivity contribution in [3.8, 4) is 11.1 Å². The molecule has 0 saturated carbocycles. The highest BCUT2D eigenvalue weighted by molar-refractivity contribution is 6.60. The molecule has 39 heavy (non-hydrogen) atoms. The fourth-order valence-corrected chi connectivity index (χ4v) is 5.74. The molecule has 0 aromatic heterocycles. The van der Waals surface area contributed by atoms with E-state index < -0.39 is 24.8 Å². The van der Waals surface area contributed by atoms with Crippen LogP contribution in [0.25, 0.3) is 11.1 Å². The smallest absolute Gasteiger partial charge is 0.460 e. The second-order valence-electron chi connectivity index (χ2n) is 11.1. The summed E-state index contributed by atoms with van der Waals surface area (Å²) in [5.41, 5.74) is 6.95. The van der Waals surface area contributed by atoms with Gasteiger partial charge in [-0.3, -0.25) is 9.69 Å². The summed E-state index contributed by atoms with van der Waals surface area (Å²) in [6, 6.07) is 16.3. The summed E-state index contributed by atoms with van der Waals surface area (Å²) in [5, 5.41) is 20.4. The quantitative estimate of drug-likeness (QED) is 0.359. The summed E-state index contributed by atoms with van der Waals surface area (Å²) >= 11 is 0. The molecule has 4 rings (SSSR count). The van der Waals surface area contributed by atoms with Gasteiger partial charge in [0.2, 0.25) is 0 Å². The molecule has 204 valence electrons. The molecule has 0 radical (unpaired) electrons. The Morgan fingerprint density at radius 2 is 1.44 bits per heavy atom. The number of ether oxygens (including phenoxy) is 2. The van der Waals surface area contributed by atoms with Gasteiger partial charge in [-0.05, 0) is 91.5 Å². The number of nitrogens with zero attached hydrogens (tertiary/aromatic N) is 1. The second-order valence-corrected chi connectivity index (χ2v) is 11.1. The Kier molecular flexibility index (Phi) is 7.91. The van der Waals surface area contributed by atoms with Crippen LogP contribution in [0.2, 0.25) is 0 Å². The lowest BCUT2D eigenvalue weighted by atomic mass is 9.71. The predicted molar refractivity (Wildman–Crippen MR) is 153 cm³/mol. The lowest BCUT2D eigenvalue weighted by molar-refractivity contribution is -0.153. The summed E-state index contributed by atoms with van der Waals surface area (Å²) in [6.45, 7) is 10.8. The van der Waals surface area contributed by atoms with Crippen molar-refractivity contribution in [3.63, 3.8) is 0 Å². The first-order valence-corrected chi connectivity index (χ1v) is 13.1. The minimum Gasteiger partial charge on any atom is -0.460 e. The topological polar surface area (TPSA) is 96.3 Å². The van der Waals surface area contributed by atoms with Crippen molar-refractivity contribution in [2.24, 2.45) is 0 Å². The number of anilines is 1. The molecule has 2 N–H and O–H groups in total. The van der Waals surface area contributed by atoms with Crippen LogP contribution in [0, 0.1) is 20.8 Å². The van der Waals surface area contributed by atoms with Crippen molar-refractivity contribution in [2.75, 3.05) is 18.6 Å². The van der Waals surface area contributed by atoms with Gasteiger partial charge in [0.15, 0.2) is 0 Å². The molecule has 3 aromatic carbocycles. The first-order valence-electron chi connectivity index (χ1n) is 13.1. The monoisotopic (exact) mass is 529 g/mol. The first kappa shape index (κ1) is 28.4. The van der Waals surface area contributed by atoms with Crippen LogP contribution in [-0.2, 0) is 20.7 Å². The third-order valence-electron chi connectivity index (χ3n) is 7.37. The van der Waals surface area contributed by atoms with Gasteiger partial charge in [-0.1, -0.05) is 48.5 Å². The minimum absolute atomic E-state index is 0.0690. The van der Waals surface area contributed by atoms with E-state index in [4.69, 9.17) is 9.47 Å². The molecule has 0 heterocycles. The highest BCUT2D eigenvalue weighted by Crippen LogP contribution is 2.44. The van der Waals surface area contributed by atoms with Gasteiger partial charge >= 0.3 is 19.2 Å². The average molecular weight is 529 g/mol. The van der Waals surface area contributed by atoms with Crippen LogP contribution in [0.1, 0.15) is 60.1 Å². The SMILES string of the molecule is Cc1c(CC(=O)OC(C)(C)C)c(C)c(N(C)C(=O)OCC2c3ccccc3-c3ccccc32)c(C)c1B(O)O. The average Bonchev–Trinajstić information content (AvgIpc) is 3.17. The van der Waals surface area contributed by atoms with E-state index in [1.54, 1.807) is 41.7 Å². The van der Waals surface area contributed by atoms with Gasteiger partial charge < -0.3 is 19.5 Å². The van der Waals surface area contributed by atoms with Crippen LogP contribution in [0.3, 0.4) is 0 Å². The maximum atomic E-state index is 13.4. The Hall–Kier alpha value is -3.62. The van der Waals surface area contributed by atoms with E-state index in [-0.39, 0.29) is 24.4 Å². The summed E-state index contributed by atoms with van der Waals surface area (Å²) in [4.78, 5) is 27.5. The summed E-state index contributed by atoms with van der Waals surface area (Å²) in [6.07, 6.45) is -0.644. The molecular formula is C31H36BNO6. The van der Waals surface area contributed by atoms with Crippen LogP contribution >= 0.6 is 0 Å². The number of fused-ring (bicyclic) bond motifs is 3. The van der Waals surface area contributed by atoms with Gasteiger partial charge in [0.1, 0.15) is 12.2 Å². The van der Waals surface area contributed by atoms with Gasteiger partial charge in [-0.15, -0.1) is 0 Å². The molecule has 1 amide bonds. The molecule has 1 aliphatic rings. The van der Waals surface area contributed by atoms with Gasteiger partial charge in [0.05, 0.1) is 12.1 Å². The van der Waals surface area contributed by atoms with Crippen LogP contribution in [0.4, 0.5) is 10.5 Å². The van der Waals surface area contributed by atoms with Gasteiger partial charge in [0, 0.05) is 13.0 Å². The third kappa shape index (κ3) is 5.58. The predicted octanol–water partition coefficient (Wildman–Crippen LogP) is 4.56. The lowest BCUT2D eigenvalue weighted by Crippen LogP contribution is -2.39. The number of esters is 1. The number of hydrogen-bond acceptors (Lipinski definition) is 6. The van der Waals surface area contributed by atoms with Crippen molar-refractivity contribution in [1.29, 1.82) is 0 Å². The van der Waals surface area contributed by atoms with E-state index in [1.165, 1.54) is 4.90 Å². The third-order valence-corrected chi connectivity index (χ3v) is 7.37. The Bertz CT molecular complexity index is 1380. The minimum atomic E-state index is -1.78. The van der Waals surface area contributed by atoms with Crippen molar-refractivity contribution < 1.29 is 29.1 Å². The van der Waals surface area contributed by atoms with E-state index in [1.807, 2.05) is 31.2 Å². The van der Waals surface area contributed by atoms with Gasteiger partial charge in [-0.2, -0.15) is 0 Å². The fourth-order valence-electron chi connectivity index (χ4n) is 5.74. The van der Waals surface area contributed by atoms with E-state index in [2.05, 4.69) is 24.3 Å². The second kappa shape index (κ2) is 10.9. The molecule has 0 bridgehead atoms. The van der Waals surface area contributed by atoms with E-state index in [0.29, 0.717) is 27.9 Å². The highest BCUT2D eigenvalue weighted by Gasteiger charge is 2.32. The van der Waals surface area contributed by atoms with Crippen LogP contribution < -0.4 is 10.4 Å². The molecule has 0 aliphatic heterocycles. The Balaban J connectivity index is 1.64. The first-order chi connectivity index (χ1) is 18.3. The maximum Gasteiger partial charge on any atom is 0.489 e. The van der Waals surface area contributed by atoms with Crippen molar-refractivity contribution in [2.45, 2.75) is 59.5 Å². The molecule has 8 heteroatoms. The number of carbonyl (C=O) groups excluding carboxylic acids is 2. The van der Waals surface area contributed by atoms with E-state index in [0.717, 1.165) is 22.3 Å². The molecule has 1 aliphatic carbocycles. The Morgan fingerprint density at radius 1 is 0.897 bits per heavy atom. The number of rotatable bonds is 6. The number of hydrogen-bond donors (Lipinski definition) is 2. The summed E-state index contributed by atoms with van der Waals surface area (Å²) in [7, 11) is -0.188. The molecule has 7 nitrogen and oxygen atoms in total. The van der Waals surface area contributed by atoms with Crippen LogP contribution in [0.5, 0.6) is 0 Å². The Labute approximate surface area is 230 Å². The number of benzene rings is 3. The Morgan fingerprint density at radius 3 is 1.95 bits per heavy atom. The lowest BCUT2D eigenvalue weighted by Gasteiger charge is -2.28. The van der Waals surface area contributed by atoms with Crippen molar-refractivity contribution in [3.05, 3.63) is 81.9 Å². The van der Waals surface area contributed by atoms with Crippen molar-refractivity contribution in [1.82, 2.24) is 0 Å². The molecule has 0 fully saturated rings. The zero-order valence-electron chi connectivity index (χ0n) is 23.7. The molecule has 0 spiro atoms. The van der Waals surface area contributed by atoms with E-state index >= 15 is 0 Å². The largest absolute Gasteiger partial charge is 0.489 e. The zero-order valence-corrected chi connectivity index (χ0v) is 23.7.